The van der Waals surface area contributed by atoms with Gasteiger partial charge in [0, 0.05) is 30.2 Å². The number of hydrogen-bond donors (Lipinski definition) is 2. The molecule has 3 aromatic rings. The molecule has 0 spiro atoms. The molecule has 0 saturated carbocycles. The lowest BCUT2D eigenvalue weighted by atomic mass is 10.1. The van der Waals surface area contributed by atoms with Crippen LogP contribution in [0.2, 0.25) is 0 Å². The average Bonchev–Trinajstić information content (AvgIpc) is 3.10. The number of nitrogens with one attached hydrogen (secondary N) is 2. The van der Waals surface area contributed by atoms with Crippen molar-refractivity contribution in [2.45, 2.75) is 13.1 Å². The Labute approximate surface area is 166 Å². The number of carbonyl (C=O) groups is 1. The Morgan fingerprint density at radius 3 is 2.86 bits per heavy atom. The maximum atomic E-state index is 11.8. The van der Waals surface area contributed by atoms with Gasteiger partial charge in [-0.15, -0.1) is 0 Å². The largest absolute Gasteiger partial charge is 0.494 e. The van der Waals surface area contributed by atoms with Gasteiger partial charge in [-0.1, -0.05) is 12.1 Å². The van der Waals surface area contributed by atoms with Crippen molar-refractivity contribution in [2.75, 3.05) is 31.4 Å². The summed E-state index contributed by atoms with van der Waals surface area (Å²) in [4.78, 5) is 22.9. The highest BCUT2D eigenvalue weighted by Gasteiger charge is 2.24. The first-order valence-electron chi connectivity index (χ1n) is 9.07. The molecule has 0 aliphatic carbocycles. The van der Waals surface area contributed by atoms with Crippen LogP contribution in [0.5, 0.6) is 5.75 Å². The summed E-state index contributed by atoms with van der Waals surface area (Å²) in [6.07, 6.45) is 0. The van der Waals surface area contributed by atoms with E-state index in [1.54, 1.807) is 0 Å². The van der Waals surface area contributed by atoms with Crippen molar-refractivity contribution >= 4 is 33.9 Å². The van der Waals surface area contributed by atoms with Gasteiger partial charge in [0.05, 0.1) is 42.5 Å². The van der Waals surface area contributed by atoms with Crippen molar-refractivity contribution in [3.05, 3.63) is 57.8 Å². The predicted octanol–water partition coefficient (Wildman–Crippen LogP) is 3.38. The van der Waals surface area contributed by atoms with Gasteiger partial charge in [0.2, 0.25) is 0 Å². The van der Waals surface area contributed by atoms with Gasteiger partial charge in [0.1, 0.15) is 5.75 Å². The first kappa shape index (κ1) is 18.6. The molecule has 0 bridgehead atoms. The molecule has 2 heterocycles. The van der Waals surface area contributed by atoms with Crippen molar-refractivity contribution in [3.63, 3.8) is 0 Å². The molecule has 1 aliphatic rings. The number of benzene rings is 2. The second-order valence-electron chi connectivity index (χ2n) is 6.63. The topological polar surface area (TPSA) is 108 Å². The van der Waals surface area contributed by atoms with Gasteiger partial charge >= 0.3 is 5.97 Å². The van der Waals surface area contributed by atoms with Crippen LogP contribution < -0.4 is 15.4 Å². The first-order valence-corrected chi connectivity index (χ1v) is 9.07. The number of nitrogens with zero attached hydrogens (tertiary/aromatic N) is 2. The number of nitro benzene ring substituents is 1. The van der Waals surface area contributed by atoms with Crippen LogP contribution in [0.25, 0.3) is 10.9 Å². The lowest BCUT2D eigenvalue weighted by Crippen LogP contribution is -2.19. The summed E-state index contributed by atoms with van der Waals surface area (Å²) >= 11 is 0. The SMILES string of the molecule is COC(=O)c1cc(OC)c(NCc2cc3cccc4c3n2CCN4)c([N+](=O)[O-])c1. The van der Waals surface area contributed by atoms with Crippen molar-refractivity contribution in [1.82, 2.24) is 4.57 Å². The van der Waals surface area contributed by atoms with Crippen LogP contribution in [-0.2, 0) is 17.8 Å². The van der Waals surface area contributed by atoms with Gasteiger partial charge in [-0.05, 0) is 18.2 Å². The van der Waals surface area contributed by atoms with Crippen molar-refractivity contribution in [1.29, 1.82) is 0 Å². The Bertz CT molecular complexity index is 1120. The van der Waals surface area contributed by atoms with E-state index in [4.69, 9.17) is 4.74 Å². The van der Waals surface area contributed by atoms with Crippen molar-refractivity contribution in [2.24, 2.45) is 0 Å². The summed E-state index contributed by atoms with van der Waals surface area (Å²) in [7, 11) is 2.62. The average molecular weight is 396 g/mol. The van der Waals surface area contributed by atoms with Crippen LogP contribution >= 0.6 is 0 Å². The van der Waals surface area contributed by atoms with Crippen LogP contribution in [0.3, 0.4) is 0 Å². The quantitative estimate of drug-likeness (QED) is 0.374. The zero-order valence-corrected chi connectivity index (χ0v) is 16.0. The number of methoxy groups -OCH3 is 2. The van der Waals surface area contributed by atoms with E-state index in [-0.39, 0.29) is 22.7 Å². The Morgan fingerprint density at radius 2 is 2.14 bits per heavy atom. The maximum Gasteiger partial charge on any atom is 0.338 e. The summed E-state index contributed by atoms with van der Waals surface area (Å²) in [5.41, 5.74) is 3.23. The third kappa shape index (κ3) is 3.20. The third-order valence-corrected chi connectivity index (χ3v) is 5.02. The van der Waals surface area contributed by atoms with Crippen LogP contribution in [0.4, 0.5) is 17.1 Å². The minimum absolute atomic E-state index is 0.0563. The molecular formula is C20H20N4O5. The smallest absolute Gasteiger partial charge is 0.338 e. The maximum absolute atomic E-state index is 11.8. The molecule has 1 aromatic heterocycles. The van der Waals surface area contributed by atoms with Crippen molar-refractivity contribution in [3.8, 4) is 5.75 Å². The first-order chi connectivity index (χ1) is 14.0. The van der Waals surface area contributed by atoms with Gasteiger partial charge in [0.15, 0.2) is 5.69 Å². The summed E-state index contributed by atoms with van der Waals surface area (Å²) in [6, 6.07) is 10.8. The number of para-hydroxylation sites is 1. The molecule has 0 unspecified atom stereocenters. The lowest BCUT2D eigenvalue weighted by molar-refractivity contribution is -0.384. The molecule has 0 amide bonds. The van der Waals surface area contributed by atoms with Gasteiger partial charge in [-0.2, -0.15) is 0 Å². The number of esters is 1. The Balaban J connectivity index is 1.72. The Hall–Kier alpha value is -3.75. The second-order valence-corrected chi connectivity index (χ2v) is 6.63. The highest BCUT2D eigenvalue weighted by Crippen LogP contribution is 2.37. The third-order valence-electron chi connectivity index (χ3n) is 5.02. The van der Waals surface area contributed by atoms with Gasteiger partial charge in [0.25, 0.3) is 5.69 Å². The van der Waals surface area contributed by atoms with Crippen LogP contribution in [0.15, 0.2) is 36.4 Å². The fourth-order valence-electron chi connectivity index (χ4n) is 3.73. The number of nitro groups is 1. The number of aromatic nitrogens is 1. The van der Waals surface area contributed by atoms with E-state index < -0.39 is 10.9 Å². The fraction of sp³-hybridized carbons (Fsp3) is 0.250. The normalized spacial score (nSPS) is 12.3. The molecule has 2 aromatic carbocycles. The molecule has 150 valence electrons. The highest BCUT2D eigenvalue weighted by atomic mass is 16.6. The van der Waals surface area contributed by atoms with Crippen LogP contribution in [0, 0.1) is 10.1 Å². The number of anilines is 2. The summed E-state index contributed by atoms with van der Waals surface area (Å²) < 4.78 is 12.2. The van der Waals surface area contributed by atoms with E-state index in [9.17, 15) is 14.9 Å². The molecule has 29 heavy (non-hydrogen) atoms. The van der Waals surface area contributed by atoms with Crippen LogP contribution in [0.1, 0.15) is 16.1 Å². The van der Waals surface area contributed by atoms with Crippen LogP contribution in [-0.4, -0.2) is 36.2 Å². The lowest BCUT2D eigenvalue weighted by Gasteiger charge is -2.20. The molecule has 0 fully saturated rings. The monoisotopic (exact) mass is 396 g/mol. The number of carbonyl (C=O) groups excluding carboxylic acids is 1. The van der Waals surface area contributed by atoms with Gasteiger partial charge in [-0.25, -0.2) is 4.79 Å². The van der Waals surface area contributed by atoms with E-state index >= 15 is 0 Å². The standard InChI is InChI=1S/C20H20N4O5/c1-28-17-10-13(20(25)29-2)9-16(24(26)27)18(17)22-11-14-8-12-4-3-5-15-19(12)23(14)7-6-21-15/h3-5,8-10,21-22H,6-7,11H2,1-2H3. The number of rotatable bonds is 6. The zero-order valence-electron chi connectivity index (χ0n) is 16.0. The molecule has 9 heteroatoms. The molecule has 0 atom stereocenters. The van der Waals surface area contributed by atoms with E-state index in [1.807, 2.05) is 18.2 Å². The molecular weight excluding hydrogens is 376 g/mol. The zero-order chi connectivity index (χ0) is 20.5. The van der Waals surface area contributed by atoms with E-state index in [0.717, 1.165) is 35.4 Å². The van der Waals surface area contributed by atoms with E-state index in [0.29, 0.717) is 6.54 Å². The number of hydrogen-bond acceptors (Lipinski definition) is 7. The molecule has 0 saturated heterocycles. The molecule has 9 nitrogen and oxygen atoms in total. The Morgan fingerprint density at radius 1 is 1.31 bits per heavy atom. The predicted molar refractivity (Wildman–Crippen MR) is 109 cm³/mol. The summed E-state index contributed by atoms with van der Waals surface area (Å²) in [5, 5.41) is 19.3. The Kier molecular flexibility index (Phi) is 4.71. The van der Waals surface area contributed by atoms with Crippen molar-refractivity contribution < 1.29 is 19.2 Å². The summed E-state index contributed by atoms with van der Waals surface area (Å²) in [5.74, 6) is -0.461. The minimum Gasteiger partial charge on any atom is -0.494 e. The van der Waals surface area contributed by atoms with Gasteiger partial charge in [-0.3, -0.25) is 10.1 Å². The second kappa shape index (κ2) is 7.34. The molecule has 1 aliphatic heterocycles. The molecule has 4 rings (SSSR count). The fourth-order valence-corrected chi connectivity index (χ4v) is 3.73. The molecule has 0 radical (unpaired) electrons. The summed E-state index contributed by atoms with van der Waals surface area (Å²) in [6.45, 7) is 1.98. The van der Waals surface area contributed by atoms with Gasteiger partial charge < -0.3 is 24.7 Å². The van der Waals surface area contributed by atoms with E-state index in [2.05, 4.69) is 26.0 Å². The molecule has 2 N–H and O–H groups in total. The minimum atomic E-state index is -0.666. The number of ether oxygens (including phenoxy) is 2. The van der Waals surface area contributed by atoms with E-state index in [1.165, 1.54) is 26.4 Å². The highest BCUT2D eigenvalue weighted by molar-refractivity contribution is 5.94.